The van der Waals surface area contributed by atoms with E-state index in [2.05, 4.69) is 17.4 Å². The van der Waals surface area contributed by atoms with Crippen molar-refractivity contribution in [1.82, 2.24) is 5.32 Å². The third-order valence-corrected chi connectivity index (χ3v) is 3.30. The second kappa shape index (κ2) is 7.08. The molecule has 0 aromatic heterocycles. The first kappa shape index (κ1) is 16.2. The highest BCUT2D eigenvalue weighted by Crippen LogP contribution is 2.20. The number of hydrogen-bond acceptors (Lipinski definition) is 2. The molecule has 0 aliphatic carbocycles. The Bertz CT molecular complexity index is 454. The molecular weight excluding hydrogens is 254 g/mol. The summed E-state index contributed by atoms with van der Waals surface area (Å²) < 4.78 is 0. The topological polar surface area (TPSA) is 66.4 Å². The van der Waals surface area contributed by atoms with Crippen molar-refractivity contribution in [2.75, 3.05) is 0 Å². The Labute approximate surface area is 120 Å². The number of aryl methyl sites for hydroxylation is 1. The highest BCUT2D eigenvalue weighted by molar-refractivity contribution is 5.84. The Morgan fingerprint density at radius 1 is 1.25 bits per heavy atom. The van der Waals surface area contributed by atoms with Gasteiger partial charge in [0.25, 0.3) is 0 Å². The molecule has 0 radical (unpaired) electrons. The molecule has 4 nitrogen and oxygen atoms in total. The van der Waals surface area contributed by atoms with Crippen LogP contribution in [0, 0.1) is 5.41 Å². The number of carbonyl (C=O) groups excluding carboxylic acids is 1. The molecule has 0 saturated heterocycles. The van der Waals surface area contributed by atoms with E-state index in [-0.39, 0.29) is 18.4 Å². The predicted molar refractivity (Wildman–Crippen MR) is 78.4 cm³/mol. The van der Waals surface area contributed by atoms with Gasteiger partial charge < -0.3 is 10.4 Å². The number of carboxylic acid groups (broad SMARTS) is 1. The van der Waals surface area contributed by atoms with E-state index in [0.717, 1.165) is 12.8 Å². The van der Waals surface area contributed by atoms with Crippen LogP contribution in [0.4, 0.5) is 0 Å². The second-order valence-corrected chi connectivity index (χ2v) is 5.86. The average molecular weight is 277 g/mol. The van der Waals surface area contributed by atoms with Crippen molar-refractivity contribution in [2.45, 2.75) is 46.1 Å². The largest absolute Gasteiger partial charge is 0.481 e. The molecule has 0 fully saturated rings. The molecule has 4 heteroatoms. The number of hydrogen-bond donors (Lipinski definition) is 2. The van der Waals surface area contributed by atoms with Gasteiger partial charge in [-0.2, -0.15) is 0 Å². The van der Waals surface area contributed by atoms with Crippen LogP contribution in [-0.2, 0) is 16.0 Å². The molecule has 1 rings (SSSR count). The number of nitrogens with one attached hydrogen (secondary N) is 1. The normalized spacial score (nSPS) is 12.8. The first-order valence-electron chi connectivity index (χ1n) is 6.88. The summed E-state index contributed by atoms with van der Waals surface area (Å²) in [6.45, 7) is 5.06. The van der Waals surface area contributed by atoms with Crippen molar-refractivity contribution in [3.63, 3.8) is 0 Å². The lowest BCUT2D eigenvalue weighted by atomic mass is 9.89. The van der Waals surface area contributed by atoms with Gasteiger partial charge in [0, 0.05) is 12.5 Å². The van der Waals surface area contributed by atoms with Gasteiger partial charge >= 0.3 is 5.97 Å². The number of carboxylic acids is 1. The number of rotatable bonds is 7. The van der Waals surface area contributed by atoms with Gasteiger partial charge in [-0.15, -0.1) is 0 Å². The van der Waals surface area contributed by atoms with Gasteiger partial charge in [-0.25, -0.2) is 0 Å². The monoisotopic (exact) mass is 277 g/mol. The number of carbonyl (C=O) groups is 2. The highest BCUT2D eigenvalue weighted by Gasteiger charge is 2.30. The van der Waals surface area contributed by atoms with Crippen LogP contribution in [0.5, 0.6) is 0 Å². The van der Waals surface area contributed by atoms with E-state index in [1.54, 1.807) is 13.8 Å². The molecule has 1 aromatic carbocycles. The molecule has 110 valence electrons. The van der Waals surface area contributed by atoms with Crippen molar-refractivity contribution in [2.24, 2.45) is 5.41 Å². The molecule has 0 spiro atoms. The molecule has 2 N–H and O–H groups in total. The van der Waals surface area contributed by atoms with Gasteiger partial charge in [-0.3, -0.25) is 9.59 Å². The molecule has 0 bridgehead atoms. The third-order valence-electron chi connectivity index (χ3n) is 3.30. The van der Waals surface area contributed by atoms with Crippen LogP contribution in [0.25, 0.3) is 0 Å². The average Bonchev–Trinajstić information content (AvgIpc) is 2.36. The quantitative estimate of drug-likeness (QED) is 0.805. The fourth-order valence-electron chi connectivity index (χ4n) is 1.90. The zero-order chi connectivity index (χ0) is 15.2. The van der Waals surface area contributed by atoms with E-state index < -0.39 is 11.4 Å². The smallest absolute Gasteiger partial charge is 0.309 e. The fraction of sp³-hybridized carbons (Fsp3) is 0.500. The number of amides is 1. The van der Waals surface area contributed by atoms with Gasteiger partial charge in [0.2, 0.25) is 5.91 Å². The molecule has 1 amide bonds. The van der Waals surface area contributed by atoms with Gasteiger partial charge in [-0.1, -0.05) is 30.3 Å². The van der Waals surface area contributed by atoms with E-state index >= 15 is 0 Å². The first-order chi connectivity index (χ1) is 9.31. The van der Waals surface area contributed by atoms with Crippen molar-refractivity contribution in [1.29, 1.82) is 0 Å². The van der Waals surface area contributed by atoms with E-state index in [4.69, 9.17) is 5.11 Å². The molecular formula is C16H23NO3. The minimum atomic E-state index is -1.02. The second-order valence-electron chi connectivity index (χ2n) is 5.86. The van der Waals surface area contributed by atoms with Crippen LogP contribution in [0.2, 0.25) is 0 Å². The summed E-state index contributed by atoms with van der Waals surface area (Å²) in [5, 5.41) is 11.9. The van der Waals surface area contributed by atoms with Gasteiger partial charge in [0.15, 0.2) is 0 Å². The maximum absolute atomic E-state index is 11.8. The Kier molecular flexibility index (Phi) is 5.74. The Hall–Kier alpha value is -1.84. The maximum Gasteiger partial charge on any atom is 0.309 e. The highest BCUT2D eigenvalue weighted by atomic mass is 16.4. The fourth-order valence-corrected chi connectivity index (χ4v) is 1.90. The SMILES string of the molecule is CC(CCc1ccccc1)NC(=O)CC(C)(C)C(=O)O. The Morgan fingerprint density at radius 3 is 2.40 bits per heavy atom. The van der Waals surface area contributed by atoms with Crippen LogP contribution in [0.1, 0.15) is 39.2 Å². The summed E-state index contributed by atoms with van der Waals surface area (Å²) in [6, 6.07) is 10.1. The molecule has 1 unspecified atom stereocenters. The minimum absolute atomic E-state index is 0.00197. The lowest BCUT2D eigenvalue weighted by Crippen LogP contribution is -2.38. The molecule has 1 atom stereocenters. The number of aliphatic carboxylic acids is 1. The molecule has 1 aromatic rings. The van der Waals surface area contributed by atoms with Crippen LogP contribution in [0.3, 0.4) is 0 Å². The molecule has 0 saturated carbocycles. The Morgan fingerprint density at radius 2 is 1.85 bits per heavy atom. The van der Waals surface area contributed by atoms with Crippen LogP contribution < -0.4 is 5.32 Å². The predicted octanol–water partition coefficient (Wildman–Crippen LogP) is 2.62. The van der Waals surface area contributed by atoms with E-state index in [1.165, 1.54) is 5.56 Å². The molecule has 0 heterocycles. The van der Waals surface area contributed by atoms with Crippen LogP contribution in [-0.4, -0.2) is 23.0 Å². The van der Waals surface area contributed by atoms with Gasteiger partial charge in [0.05, 0.1) is 5.41 Å². The molecule has 0 aliphatic rings. The van der Waals surface area contributed by atoms with Crippen molar-refractivity contribution in [3.05, 3.63) is 35.9 Å². The summed E-state index contributed by atoms with van der Waals surface area (Å²) >= 11 is 0. The summed E-state index contributed by atoms with van der Waals surface area (Å²) in [5.41, 5.74) is 0.211. The number of benzene rings is 1. The summed E-state index contributed by atoms with van der Waals surface area (Å²) in [6.07, 6.45) is 1.73. The summed E-state index contributed by atoms with van der Waals surface area (Å²) in [4.78, 5) is 22.8. The molecule has 0 aliphatic heterocycles. The first-order valence-corrected chi connectivity index (χ1v) is 6.88. The lowest BCUT2D eigenvalue weighted by Gasteiger charge is -2.20. The van der Waals surface area contributed by atoms with Crippen molar-refractivity contribution >= 4 is 11.9 Å². The Balaban J connectivity index is 2.37. The zero-order valence-corrected chi connectivity index (χ0v) is 12.3. The van der Waals surface area contributed by atoms with Crippen molar-refractivity contribution < 1.29 is 14.7 Å². The van der Waals surface area contributed by atoms with Crippen LogP contribution >= 0.6 is 0 Å². The van der Waals surface area contributed by atoms with E-state index in [0.29, 0.717) is 0 Å². The lowest BCUT2D eigenvalue weighted by molar-refractivity contribution is -0.149. The maximum atomic E-state index is 11.8. The third kappa shape index (κ3) is 5.43. The van der Waals surface area contributed by atoms with E-state index in [9.17, 15) is 9.59 Å². The van der Waals surface area contributed by atoms with Crippen molar-refractivity contribution in [3.8, 4) is 0 Å². The summed E-state index contributed by atoms with van der Waals surface area (Å²) in [7, 11) is 0. The standard InChI is InChI=1S/C16H23NO3/c1-12(9-10-13-7-5-4-6-8-13)17-14(18)11-16(2,3)15(19)20/h4-8,12H,9-11H2,1-3H3,(H,17,18)(H,19,20). The van der Waals surface area contributed by atoms with E-state index in [1.807, 2.05) is 25.1 Å². The summed E-state index contributed by atoms with van der Waals surface area (Å²) in [5.74, 6) is -1.16. The van der Waals surface area contributed by atoms with Crippen LogP contribution in [0.15, 0.2) is 30.3 Å². The van der Waals surface area contributed by atoms with Gasteiger partial charge in [0.1, 0.15) is 0 Å². The minimum Gasteiger partial charge on any atom is -0.481 e. The zero-order valence-electron chi connectivity index (χ0n) is 12.3. The van der Waals surface area contributed by atoms with Gasteiger partial charge in [-0.05, 0) is 39.2 Å². The molecule has 20 heavy (non-hydrogen) atoms.